The van der Waals surface area contributed by atoms with E-state index in [1.165, 1.54) is 9.81 Å². The molecule has 1 aromatic heterocycles. The lowest BCUT2D eigenvalue weighted by Crippen LogP contribution is -2.36. The summed E-state index contributed by atoms with van der Waals surface area (Å²) in [7, 11) is -3.65. The Balaban J connectivity index is 0.00000736. The fraction of sp³-hybridized carbons (Fsp3) is 0.556. The lowest BCUT2D eigenvalue weighted by Gasteiger charge is -2.32. The van der Waals surface area contributed by atoms with Gasteiger partial charge >= 0.3 is 10.2 Å². The number of hydrogen-bond donors (Lipinski definition) is 1. The highest BCUT2D eigenvalue weighted by Gasteiger charge is 2.36. The highest BCUT2D eigenvalue weighted by atomic mass is 32.2. The van der Waals surface area contributed by atoms with Crippen molar-refractivity contribution in [2.24, 2.45) is 10.8 Å². The van der Waals surface area contributed by atoms with Crippen molar-refractivity contribution in [2.45, 2.75) is 123 Å². The largest absolute Gasteiger partial charge is 0.870 e. The molecule has 2 N–H and O–H groups in total. The van der Waals surface area contributed by atoms with Crippen LogP contribution in [-0.4, -0.2) is 34.9 Å². The second-order valence-electron chi connectivity index (χ2n) is 15.7. The predicted octanol–water partition coefficient (Wildman–Crippen LogP) is 10.6. The van der Waals surface area contributed by atoms with Gasteiger partial charge in [-0.15, -0.1) is 0 Å². The summed E-state index contributed by atoms with van der Waals surface area (Å²) in [6, 6.07) is 3.86. The minimum Gasteiger partial charge on any atom is -0.870 e. The molecule has 0 amide bonds. The van der Waals surface area contributed by atoms with Crippen LogP contribution in [0.3, 0.4) is 0 Å². The number of rotatable bonds is 9. The second-order valence-corrected chi connectivity index (χ2v) is 22.3. The number of Topliss-reactive ketones (excluding diaryl/α,β-unsaturated/α-hetero) is 1. The fourth-order valence-corrected chi connectivity index (χ4v) is 8.77. The molecule has 0 unspecified atom stereocenters. The summed E-state index contributed by atoms with van der Waals surface area (Å²) < 4.78 is 35.2. The Morgan fingerprint density at radius 1 is 0.826 bits per heavy atom. The van der Waals surface area contributed by atoms with Crippen LogP contribution in [0.25, 0.3) is 6.08 Å². The molecule has 0 saturated heterocycles. The van der Waals surface area contributed by atoms with Crippen molar-refractivity contribution in [3.8, 4) is 0 Å². The van der Waals surface area contributed by atoms with Gasteiger partial charge in [-0.25, -0.2) is 8.42 Å². The van der Waals surface area contributed by atoms with Gasteiger partial charge in [0.05, 0.1) is 23.6 Å². The van der Waals surface area contributed by atoms with Crippen LogP contribution in [0.4, 0.5) is 0 Å². The van der Waals surface area contributed by atoms with Crippen molar-refractivity contribution in [2.75, 3.05) is 5.75 Å². The lowest BCUT2D eigenvalue weighted by molar-refractivity contribution is -0.112. The summed E-state index contributed by atoms with van der Waals surface area (Å²) in [5.41, 5.74) is 2.62. The van der Waals surface area contributed by atoms with E-state index in [2.05, 4.69) is 100.0 Å². The summed E-state index contributed by atoms with van der Waals surface area (Å²) in [5.74, 6) is -0.179. The Morgan fingerprint density at radius 3 is 1.72 bits per heavy atom. The molecule has 2 heterocycles. The van der Waals surface area contributed by atoms with Gasteiger partial charge in [0.15, 0.2) is 5.78 Å². The number of carbonyl (C=O) groups is 1. The molecule has 0 bridgehead atoms. The van der Waals surface area contributed by atoms with E-state index in [-0.39, 0.29) is 37.3 Å². The number of nitrogens with one attached hydrogen (secondary N) is 1. The zero-order chi connectivity index (χ0) is 34.2. The first-order valence-corrected chi connectivity index (χ1v) is 19.7. The first-order chi connectivity index (χ1) is 20.4. The third-order valence-electron chi connectivity index (χ3n) is 6.55. The van der Waals surface area contributed by atoms with Crippen LogP contribution in [-0.2, 0) is 14.8 Å². The van der Waals surface area contributed by atoms with Crippen molar-refractivity contribution >= 4 is 57.2 Å². The number of thioether (sulfide) groups is 3. The normalized spacial score (nSPS) is 17.4. The number of sulfonamides is 1. The minimum atomic E-state index is -3.65. The molecule has 0 atom stereocenters. The van der Waals surface area contributed by atoms with Crippen molar-refractivity contribution in [1.29, 1.82) is 0 Å². The number of ketones is 1. The van der Waals surface area contributed by atoms with Crippen molar-refractivity contribution in [1.82, 2.24) is 4.72 Å². The minimum absolute atomic E-state index is 0. The molecule has 1 aromatic rings. The molecule has 0 spiro atoms. The van der Waals surface area contributed by atoms with Gasteiger partial charge in [-0.05, 0) is 86.0 Å². The van der Waals surface area contributed by atoms with Crippen LogP contribution >= 0.6 is 35.3 Å². The fourth-order valence-electron chi connectivity index (χ4n) is 4.32. The van der Waals surface area contributed by atoms with E-state index >= 15 is 0 Å². The SMILES string of the molecule is CCCCS(=O)(=O)NC1=C(C=C2C=C(C(C)(C)C)SC(C(C)(C)C)=C2)C(=O)C1=Cc1cc(SC(C)(C)C)[o+]c(SC(C)(C)C)c1.[OH-]. The topological polar surface area (TPSA) is 105 Å². The maximum absolute atomic E-state index is 13.8. The molecule has 0 saturated carbocycles. The van der Waals surface area contributed by atoms with Gasteiger partial charge in [-0.2, -0.15) is 4.42 Å². The third-order valence-corrected chi connectivity index (χ3v) is 11.8. The molecule has 3 rings (SSSR count). The third kappa shape index (κ3) is 11.8. The Bertz CT molecular complexity index is 1520. The van der Waals surface area contributed by atoms with E-state index in [1.54, 1.807) is 41.4 Å². The van der Waals surface area contributed by atoms with E-state index in [0.717, 1.165) is 27.7 Å². The van der Waals surface area contributed by atoms with E-state index in [9.17, 15) is 13.2 Å². The van der Waals surface area contributed by atoms with Gasteiger partial charge in [0, 0.05) is 20.6 Å². The van der Waals surface area contributed by atoms with Crippen LogP contribution in [0.5, 0.6) is 0 Å². The molecule has 256 valence electrons. The quantitative estimate of drug-likeness (QED) is 0.154. The first kappa shape index (κ1) is 40.5. The molecule has 6 nitrogen and oxygen atoms in total. The van der Waals surface area contributed by atoms with Crippen molar-refractivity contribution in [3.63, 3.8) is 0 Å². The van der Waals surface area contributed by atoms with Crippen LogP contribution in [0.15, 0.2) is 77.2 Å². The van der Waals surface area contributed by atoms with E-state index < -0.39 is 10.0 Å². The van der Waals surface area contributed by atoms with Gasteiger partial charge in [-0.1, -0.05) is 108 Å². The summed E-state index contributed by atoms with van der Waals surface area (Å²) in [6.07, 6.45) is 9.18. The van der Waals surface area contributed by atoms with Crippen LogP contribution < -0.4 is 4.72 Å². The molecule has 0 fully saturated rings. The Kier molecular flexibility index (Phi) is 13.0. The van der Waals surface area contributed by atoms with E-state index in [1.807, 2.05) is 25.1 Å². The van der Waals surface area contributed by atoms with Gasteiger partial charge < -0.3 is 5.48 Å². The first-order valence-electron chi connectivity index (χ1n) is 15.6. The maximum Gasteiger partial charge on any atom is 0.389 e. The van der Waals surface area contributed by atoms with Crippen LogP contribution in [0, 0.1) is 10.8 Å². The van der Waals surface area contributed by atoms with Gasteiger partial charge in [0.25, 0.3) is 0 Å². The smallest absolute Gasteiger partial charge is 0.389 e. The molecular weight excluding hydrogens is 655 g/mol. The Morgan fingerprint density at radius 2 is 1.30 bits per heavy atom. The Hall–Kier alpha value is -1.72. The highest BCUT2D eigenvalue weighted by molar-refractivity contribution is 8.06. The second kappa shape index (κ2) is 14.8. The molecule has 0 radical (unpaired) electrons. The molecule has 10 heteroatoms. The standard InChI is InChI=1S/C36H51NO4S4.H2O/c1-14-15-16-45(39,40)37-31-25(17-23-19-27(33(2,3)4)42-28(20-23)34(5,6)7)32(38)26(31)18-24-21-29(43-35(8,9)10)41-30(22-24)44-36(11,12)13;/h17-22H,14-16H2,1-13H3;1H2. The maximum atomic E-state index is 13.8. The summed E-state index contributed by atoms with van der Waals surface area (Å²) in [4.78, 5) is 16.3. The molecule has 2 aliphatic rings. The number of allylic oxidation sites excluding steroid dienone is 8. The number of carbonyl (C=O) groups excluding carboxylic acids is 1. The summed E-state index contributed by atoms with van der Waals surface area (Å²) >= 11 is 5.01. The summed E-state index contributed by atoms with van der Waals surface area (Å²) in [5, 5.41) is 1.48. The Labute approximate surface area is 290 Å². The van der Waals surface area contributed by atoms with Gasteiger partial charge in [0.2, 0.25) is 10.0 Å². The number of unbranched alkanes of at least 4 members (excludes halogenated alkanes) is 1. The molecule has 1 aliphatic carbocycles. The average Bonchev–Trinajstić information content (AvgIpc) is 2.85. The van der Waals surface area contributed by atoms with E-state index in [0.29, 0.717) is 23.3 Å². The zero-order valence-corrected chi connectivity index (χ0v) is 33.1. The molecule has 46 heavy (non-hydrogen) atoms. The van der Waals surface area contributed by atoms with Gasteiger partial charge in [0.1, 0.15) is 0 Å². The highest BCUT2D eigenvalue weighted by Crippen LogP contribution is 2.49. The zero-order valence-electron chi connectivity index (χ0n) is 29.8. The summed E-state index contributed by atoms with van der Waals surface area (Å²) in [6.45, 7) is 27.8. The average molecular weight is 708 g/mol. The van der Waals surface area contributed by atoms with Gasteiger partial charge in [-0.3, -0.25) is 9.52 Å². The molecular formula is C36H53NO5S4. The van der Waals surface area contributed by atoms with Crippen LogP contribution in [0.2, 0.25) is 0 Å². The number of hydrogen-bond acceptors (Lipinski definition) is 7. The predicted molar refractivity (Wildman–Crippen MR) is 199 cm³/mol. The van der Waals surface area contributed by atoms with Crippen molar-refractivity contribution in [3.05, 3.63) is 68.2 Å². The monoisotopic (exact) mass is 707 g/mol. The van der Waals surface area contributed by atoms with E-state index in [4.69, 9.17) is 4.42 Å². The molecule has 1 aliphatic heterocycles. The lowest BCUT2D eigenvalue weighted by atomic mass is 9.83. The van der Waals surface area contributed by atoms with Crippen LogP contribution in [0.1, 0.15) is 108 Å². The molecule has 0 aromatic carbocycles. The van der Waals surface area contributed by atoms with Crippen molar-refractivity contribution < 1.29 is 23.1 Å².